The fourth-order valence-corrected chi connectivity index (χ4v) is 2.81. The third kappa shape index (κ3) is 3.16. The summed E-state index contributed by atoms with van der Waals surface area (Å²) in [7, 11) is 0. The van der Waals surface area contributed by atoms with Gasteiger partial charge in [-0.05, 0) is 37.0 Å². The molecule has 1 amide bonds. The van der Waals surface area contributed by atoms with Crippen molar-refractivity contribution in [3.63, 3.8) is 0 Å². The van der Waals surface area contributed by atoms with Gasteiger partial charge in [0, 0.05) is 12.0 Å². The molecule has 0 bridgehead atoms. The SMILES string of the molecule is CC(CC(=O)O)NC(=O)C1CC1c1ccc2c(c1)OCCO2. The summed E-state index contributed by atoms with van der Waals surface area (Å²) < 4.78 is 11.0. The van der Waals surface area contributed by atoms with Crippen molar-refractivity contribution in [2.24, 2.45) is 5.92 Å². The Balaban J connectivity index is 1.59. The standard InChI is InChI=1S/C16H19NO5/c1-9(6-15(18)19)17-16(20)12-8-11(12)10-2-3-13-14(7-10)22-5-4-21-13/h2-3,7,9,11-12H,4-6,8H2,1H3,(H,17,20)(H,18,19). The molecule has 2 aliphatic rings. The predicted molar refractivity (Wildman–Crippen MR) is 78.1 cm³/mol. The monoisotopic (exact) mass is 305 g/mol. The highest BCUT2D eigenvalue weighted by Gasteiger charge is 2.44. The Labute approximate surface area is 128 Å². The first kappa shape index (κ1) is 14.7. The molecule has 1 aromatic carbocycles. The van der Waals surface area contributed by atoms with Crippen LogP contribution in [0.25, 0.3) is 0 Å². The molecule has 3 rings (SSSR count). The Morgan fingerprint density at radius 2 is 2.05 bits per heavy atom. The Kier molecular flexibility index (Phi) is 3.92. The van der Waals surface area contributed by atoms with Gasteiger partial charge in [0.15, 0.2) is 11.5 Å². The third-order valence-corrected chi connectivity index (χ3v) is 3.99. The maximum atomic E-state index is 12.1. The molecule has 0 radical (unpaired) electrons. The van der Waals surface area contributed by atoms with Crippen LogP contribution in [-0.2, 0) is 9.59 Å². The van der Waals surface area contributed by atoms with Gasteiger partial charge in [-0.15, -0.1) is 0 Å². The minimum Gasteiger partial charge on any atom is -0.486 e. The molecular weight excluding hydrogens is 286 g/mol. The molecule has 2 N–H and O–H groups in total. The van der Waals surface area contributed by atoms with Gasteiger partial charge in [0.05, 0.1) is 6.42 Å². The van der Waals surface area contributed by atoms with Gasteiger partial charge in [-0.1, -0.05) is 6.07 Å². The van der Waals surface area contributed by atoms with Crippen molar-refractivity contribution in [3.05, 3.63) is 23.8 Å². The van der Waals surface area contributed by atoms with E-state index in [2.05, 4.69) is 5.32 Å². The first-order valence-electron chi connectivity index (χ1n) is 7.46. The molecule has 118 valence electrons. The summed E-state index contributed by atoms with van der Waals surface area (Å²) in [5, 5.41) is 11.5. The first-order valence-corrected chi connectivity index (χ1v) is 7.46. The number of aliphatic carboxylic acids is 1. The summed E-state index contributed by atoms with van der Waals surface area (Å²) in [5.74, 6) is 0.577. The molecule has 1 fully saturated rings. The number of carbonyl (C=O) groups excluding carboxylic acids is 1. The van der Waals surface area contributed by atoms with Gasteiger partial charge in [-0.3, -0.25) is 9.59 Å². The van der Waals surface area contributed by atoms with Crippen molar-refractivity contribution in [2.75, 3.05) is 13.2 Å². The molecule has 0 aromatic heterocycles. The van der Waals surface area contributed by atoms with Crippen molar-refractivity contribution in [1.82, 2.24) is 5.32 Å². The third-order valence-electron chi connectivity index (χ3n) is 3.99. The fraction of sp³-hybridized carbons (Fsp3) is 0.500. The normalized spacial score (nSPS) is 23.5. The van der Waals surface area contributed by atoms with Crippen molar-refractivity contribution >= 4 is 11.9 Å². The van der Waals surface area contributed by atoms with Crippen LogP contribution in [0.5, 0.6) is 11.5 Å². The van der Waals surface area contributed by atoms with Crippen molar-refractivity contribution in [1.29, 1.82) is 0 Å². The van der Waals surface area contributed by atoms with E-state index >= 15 is 0 Å². The van der Waals surface area contributed by atoms with E-state index < -0.39 is 5.97 Å². The molecule has 1 aliphatic carbocycles. The van der Waals surface area contributed by atoms with Crippen LogP contribution in [0.15, 0.2) is 18.2 Å². The quantitative estimate of drug-likeness (QED) is 0.862. The summed E-state index contributed by atoms with van der Waals surface area (Å²) in [6.07, 6.45) is 0.721. The van der Waals surface area contributed by atoms with E-state index in [1.54, 1.807) is 6.92 Å². The van der Waals surface area contributed by atoms with Crippen molar-refractivity contribution in [3.8, 4) is 11.5 Å². The maximum Gasteiger partial charge on any atom is 0.305 e. The van der Waals surface area contributed by atoms with Crippen LogP contribution in [0, 0.1) is 5.92 Å². The van der Waals surface area contributed by atoms with E-state index in [9.17, 15) is 9.59 Å². The minimum atomic E-state index is -0.910. The van der Waals surface area contributed by atoms with Crippen LogP contribution in [0.1, 0.15) is 31.2 Å². The number of benzene rings is 1. The highest BCUT2D eigenvalue weighted by atomic mass is 16.6. The second-order valence-electron chi connectivity index (χ2n) is 5.86. The number of carboxylic acid groups (broad SMARTS) is 1. The molecule has 3 atom stereocenters. The summed E-state index contributed by atoms with van der Waals surface area (Å²) in [4.78, 5) is 22.7. The van der Waals surface area contributed by atoms with Crippen LogP contribution in [0.3, 0.4) is 0 Å². The summed E-state index contributed by atoms with van der Waals surface area (Å²) in [6.45, 7) is 2.80. The van der Waals surface area contributed by atoms with E-state index in [1.165, 1.54) is 0 Å². The Morgan fingerprint density at radius 1 is 1.32 bits per heavy atom. The zero-order chi connectivity index (χ0) is 15.7. The van der Waals surface area contributed by atoms with E-state index in [0.29, 0.717) is 13.2 Å². The second-order valence-corrected chi connectivity index (χ2v) is 5.86. The number of hydrogen-bond donors (Lipinski definition) is 2. The highest BCUT2D eigenvalue weighted by molar-refractivity contribution is 5.83. The van der Waals surface area contributed by atoms with Gasteiger partial charge in [-0.25, -0.2) is 0 Å². The van der Waals surface area contributed by atoms with E-state index in [0.717, 1.165) is 23.5 Å². The van der Waals surface area contributed by atoms with Gasteiger partial charge in [0.1, 0.15) is 13.2 Å². The molecule has 0 saturated heterocycles. The summed E-state index contributed by atoms with van der Waals surface area (Å²) in [6, 6.07) is 5.43. The fourth-order valence-electron chi connectivity index (χ4n) is 2.81. The molecule has 22 heavy (non-hydrogen) atoms. The number of fused-ring (bicyclic) bond motifs is 1. The van der Waals surface area contributed by atoms with Crippen LogP contribution >= 0.6 is 0 Å². The average molecular weight is 305 g/mol. The van der Waals surface area contributed by atoms with E-state index in [1.807, 2.05) is 18.2 Å². The molecular formula is C16H19NO5. The maximum absolute atomic E-state index is 12.1. The minimum absolute atomic E-state index is 0.0624. The van der Waals surface area contributed by atoms with Crippen LogP contribution in [-0.4, -0.2) is 36.2 Å². The van der Waals surface area contributed by atoms with Crippen LogP contribution in [0.4, 0.5) is 0 Å². The highest BCUT2D eigenvalue weighted by Crippen LogP contribution is 2.49. The second kappa shape index (κ2) is 5.87. The average Bonchev–Trinajstić information content (AvgIpc) is 3.26. The number of nitrogens with one attached hydrogen (secondary N) is 1. The molecule has 1 aromatic rings. The van der Waals surface area contributed by atoms with Crippen molar-refractivity contribution < 1.29 is 24.2 Å². The lowest BCUT2D eigenvalue weighted by Gasteiger charge is -2.19. The number of rotatable bonds is 5. The molecule has 0 spiro atoms. The Bertz CT molecular complexity index is 600. The predicted octanol–water partition coefficient (Wildman–Crippen LogP) is 1.54. The zero-order valence-electron chi connectivity index (χ0n) is 12.4. The lowest BCUT2D eigenvalue weighted by molar-refractivity contribution is -0.137. The van der Waals surface area contributed by atoms with Crippen LogP contribution in [0.2, 0.25) is 0 Å². The molecule has 1 aliphatic heterocycles. The van der Waals surface area contributed by atoms with Gasteiger partial charge in [0.2, 0.25) is 5.91 Å². The number of hydrogen-bond acceptors (Lipinski definition) is 4. The number of carboxylic acids is 1. The Hall–Kier alpha value is -2.24. The summed E-state index contributed by atoms with van der Waals surface area (Å²) >= 11 is 0. The molecule has 1 heterocycles. The van der Waals surface area contributed by atoms with Crippen molar-refractivity contribution in [2.45, 2.75) is 31.7 Å². The lowest BCUT2D eigenvalue weighted by atomic mass is 10.1. The summed E-state index contributed by atoms with van der Waals surface area (Å²) in [5.41, 5.74) is 1.07. The number of amides is 1. The van der Waals surface area contributed by atoms with Crippen LogP contribution < -0.4 is 14.8 Å². The van der Waals surface area contributed by atoms with Gasteiger partial charge < -0.3 is 19.9 Å². The van der Waals surface area contributed by atoms with Gasteiger partial charge in [-0.2, -0.15) is 0 Å². The smallest absolute Gasteiger partial charge is 0.305 e. The number of carbonyl (C=O) groups is 2. The number of ether oxygens (including phenoxy) is 2. The molecule has 3 unspecified atom stereocenters. The van der Waals surface area contributed by atoms with E-state index in [-0.39, 0.29) is 30.2 Å². The zero-order valence-corrected chi connectivity index (χ0v) is 12.4. The van der Waals surface area contributed by atoms with Gasteiger partial charge in [0.25, 0.3) is 0 Å². The molecule has 6 nitrogen and oxygen atoms in total. The lowest BCUT2D eigenvalue weighted by Crippen LogP contribution is -2.35. The largest absolute Gasteiger partial charge is 0.486 e. The first-order chi connectivity index (χ1) is 10.5. The molecule has 6 heteroatoms. The van der Waals surface area contributed by atoms with Gasteiger partial charge >= 0.3 is 5.97 Å². The Morgan fingerprint density at radius 3 is 2.77 bits per heavy atom. The van der Waals surface area contributed by atoms with E-state index in [4.69, 9.17) is 14.6 Å². The molecule has 1 saturated carbocycles. The topological polar surface area (TPSA) is 84.9 Å².